The van der Waals surface area contributed by atoms with E-state index in [1.165, 1.54) is 4.90 Å². The highest BCUT2D eigenvalue weighted by atomic mass is 16.5. The molecule has 174 valence electrons. The number of hydrogen-bond acceptors (Lipinski definition) is 4. The van der Waals surface area contributed by atoms with Crippen molar-refractivity contribution in [2.75, 3.05) is 18.0 Å². The number of ether oxygens (including phenoxy) is 1. The van der Waals surface area contributed by atoms with E-state index < -0.39 is 24.2 Å². The third-order valence-corrected chi connectivity index (χ3v) is 6.92. The van der Waals surface area contributed by atoms with Crippen LogP contribution in [0.3, 0.4) is 0 Å². The summed E-state index contributed by atoms with van der Waals surface area (Å²) in [5.41, 5.74) is 5.34. The Morgan fingerprint density at radius 1 is 0.941 bits per heavy atom. The zero-order valence-corrected chi connectivity index (χ0v) is 19.6. The summed E-state index contributed by atoms with van der Waals surface area (Å²) in [6.07, 6.45) is -0.824. The van der Waals surface area contributed by atoms with Crippen molar-refractivity contribution in [3.8, 4) is 16.9 Å². The number of nitrogens with zero attached hydrogens (tertiary/aromatic N) is 2. The van der Waals surface area contributed by atoms with Gasteiger partial charge >= 0.3 is 5.97 Å². The van der Waals surface area contributed by atoms with Crippen LogP contribution in [0.25, 0.3) is 11.1 Å². The second-order valence-corrected chi connectivity index (χ2v) is 8.72. The van der Waals surface area contributed by atoms with E-state index in [4.69, 9.17) is 4.74 Å². The molecule has 34 heavy (non-hydrogen) atoms. The van der Waals surface area contributed by atoms with Gasteiger partial charge in [0.1, 0.15) is 5.75 Å². The van der Waals surface area contributed by atoms with Gasteiger partial charge in [0.25, 0.3) is 5.91 Å². The SMILES string of the molecule is CCN(CC)c1ccc2c(c1)OC(C)C(=O)N(C1c3ccccc3-c3ccccc31)C2C(=O)O. The van der Waals surface area contributed by atoms with Crippen LogP contribution in [-0.4, -0.2) is 41.1 Å². The fraction of sp³-hybridized carbons (Fsp3) is 0.286. The number of carbonyl (C=O) groups excluding carboxylic acids is 1. The molecule has 6 heteroatoms. The molecule has 1 N–H and O–H groups in total. The van der Waals surface area contributed by atoms with Crippen molar-refractivity contribution in [1.29, 1.82) is 0 Å². The van der Waals surface area contributed by atoms with E-state index in [2.05, 4.69) is 18.7 Å². The number of fused-ring (bicyclic) bond motifs is 4. The number of anilines is 1. The standard InChI is InChI=1S/C28H28N2O4/c1-4-29(5-2)18-14-15-23-24(16-18)34-17(3)27(31)30(26(23)28(32)33)25-21-12-8-6-10-19(21)20-11-7-9-13-22(20)25/h6-17,25-26H,4-5H2,1-3H3,(H,32,33). The van der Waals surface area contributed by atoms with Crippen LogP contribution >= 0.6 is 0 Å². The Hall–Kier alpha value is -3.80. The van der Waals surface area contributed by atoms with Crippen LogP contribution in [0.2, 0.25) is 0 Å². The number of amides is 1. The molecule has 1 aliphatic carbocycles. The van der Waals surface area contributed by atoms with Crippen molar-refractivity contribution in [3.05, 3.63) is 83.4 Å². The normalized spacial score (nSPS) is 19.0. The van der Waals surface area contributed by atoms with E-state index >= 15 is 0 Å². The molecule has 0 radical (unpaired) electrons. The van der Waals surface area contributed by atoms with Crippen molar-refractivity contribution in [3.63, 3.8) is 0 Å². The van der Waals surface area contributed by atoms with E-state index in [0.29, 0.717) is 11.3 Å². The molecule has 0 saturated carbocycles. The highest BCUT2D eigenvalue weighted by Crippen LogP contribution is 2.50. The van der Waals surface area contributed by atoms with Crippen LogP contribution in [-0.2, 0) is 9.59 Å². The van der Waals surface area contributed by atoms with Crippen LogP contribution in [0.15, 0.2) is 66.7 Å². The average Bonchev–Trinajstić information content (AvgIpc) is 3.12. The first kappa shape index (κ1) is 22.0. The van der Waals surface area contributed by atoms with Gasteiger partial charge in [0.05, 0.1) is 6.04 Å². The van der Waals surface area contributed by atoms with E-state index in [-0.39, 0.29) is 5.91 Å². The first-order valence-electron chi connectivity index (χ1n) is 11.7. The quantitative estimate of drug-likeness (QED) is 0.583. The Morgan fingerprint density at radius 3 is 2.09 bits per heavy atom. The molecule has 5 rings (SSSR count). The molecule has 2 aliphatic rings. The lowest BCUT2D eigenvalue weighted by molar-refractivity contribution is -0.154. The number of carboxylic acids is 1. The summed E-state index contributed by atoms with van der Waals surface area (Å²) in [5.74, 6) is -0.978. The molecule has 6 nitrogen and oxygen atoms in total. The molecule has 0 fully saturated rings. The highest BCUT2D eigenvalue weighted by molar-refractivity contribution is 5.91. The lowest BCUT2D eigenvalue weighted by Gasteiger charge is -2.34. The smallest absolute Gasteiger partial charge is 0.331 e. The van der Waals surface area contributed by atoms with E-state index in [1.807, 2.05) is 60.7 Å². The number of hydrogen-bond donors (Lipinski definition) is 1. The molecule has 3 aromatic rings. The molecule has 0 aromatic heterocycles. The summed E-state index contributed by atoms with van der Waals surface area (Å²) in [4.78, 5) is 30.3. The van der Waals surface area contributed by atoms with E-state index in [1.54, 1.807) is 13.0 Å². The largest absolute Gasteiger partial charge is 0.480 e. The zero-order valence-electron chi connectivity index (χ0n) is 19.6. The predicted molar refractivity (Wildman–Crippen MR) is 131 cm³/mol. The van der Waals surface area contributed by atoms with Gasteiger partial charge in [-0.2, -0.15) is 0 Å². The molecule has 2 atom stereocenters. The lowest BCUT2D eigenvalue weighted by Crippen LogP contribution is -2.45. The van der Waals surface area contributed by atoms with Crippen LogP contribution < -0.4 is 9.64 Å². The van der Waals surface area contributed by atoms with Gasteiger partial charge in [-0.1, -0.05) is 54.6 Å². The summed E-state index contributed by atoms with van der Waals surface area (Å²) < 4.78 is 6.11. The first-order chi connectivity index (χ1) is 16.5. The molecule has 2 unspecified atom stereocenters. The van der Waals surface area contributed by atoms with E-state index in [0.717, 1.165) is 41.0 Å². The maximum Gasteiger partial charge on any atom is 0.331 e. The number of aliphatic carboxylic acids is 1. The maximum atomic E-state index is 13.8. The molecule has 0 spiro atoms. The predicted octanol–water partition coefficient (Wildman–Crippen LogP) is 5.04. The number of carboxylic acid groups (broad SMARTS) is 1. The third kappa shape index (κ3) is 3.33. The van der Waals surface area contributed by atoms with Gasteiger partial charge in [-0.25, -0.2) is 4.79 Å². The van der Waals surface area contributed by atoms with Crippen molar-refractivity contribution in [1.82, 2.24) is 4.90 Å². The second-order valence-electron chi connectivity index (χ2n) is 8.72. The molecule has 3 aromatic carbocycles. The van der Waals surface area contributed by atoms with E-state index in [9.17, 15) is 14.7 Å². The topological polar surface area (TPSA) is 70.1 Å². The first-order valence-corrected chi connectivity index (χ1v) is 11.7. The average molecular weight is 457 g/mol. The van der Waals surface area contributed by atoms with Crippen LogP contribution in [0.4, 0.5) is 5.69 Å². The van der Waals surface area contributed by atoms with Crippen LogP contribution in [0, 0.1) is 0 Å². The molecular weight excluding hydrogens is 428 g/mol. The zero-order chi connectivity index (χ0) is 24.0. The Bertz CT molecular complexity index is 1220. The summed E-state index contributed by atoms with van der Waals surface area (Å²) in [5, 5.41) is 10.5. The number of carbonyl (C=O) groups is 2. The molecule has 0 bridgehead atoms. The van der Waals surface area contributed by atoms with Gasteiger partial charge in [0.2, 0.25) is 0 Å². The van der Waals surface area contributed by atoms with Crippen molar-refractivity contribution in [2.45, 2.75) is 39.0 Å². The Morgan fingerprint density at radius 2 is 1.53 bits per heavy atom. The van der Waals surface area contributed by atoms with Crippen molar-refractivity contribution in [2.24, 2.45) is 0 Å². The summed E-state index contributed by atoms with van der Waals surface area (Å²) in [6.45, 7) is 7.46. The Labute approximate surface area is 199 Å². The van der Waals surface area contributed by atoms with Crippen molar-refractivity contribution >= 4 is 17.6 Å². The minimum Gasteiger partial charge on any atom is -0.480 e. The van der Waals surface area contributed by atoms with Crippen LogP contribution in [0.5, 0.6) is 5.75 Å². The Kier molecular flexibility index (Phi) is 5.52. The fourth-order valence-corrected chi connectivity index (χ4v) is 5.32. The highest BCUT2D eigenvalue weighted by Gasteiger charge is 2.46. The van der Waals surface area contributed by atoms with Gasteiger partial charge in [0, 0.05) is 30.4 Å². The fourth-order valence-electron chi connectivity index (χ4n) is 5.32. The molecule has 1 aliphatic heterocycles. The minimum atomic E-state index is -1.18. The van der Waals surface area contributed by atoms with Gasteiger partial charge in [0.15, 0.2) is 12.1 Å². The van der Waals surface area contributed by atoms with Gasteiger partial charge in [-0.15, -0.1) is 0 Å². The summed E-state index contributed by atoms with van der Waals surface area (Å²) in [6, 6.07) is 19.7. The number of rotatable bonds is 5. The molecule has 0 saturated heterocycles. The third-order valence-electron chi connectivity index (χ3n) is 6.92. The second kappa shape index (κ2) is 8.52. The monoisotopic (exact) mass is 456 g/mol. The maximum absolute atomic E-state index is 13.8. The summed E-state index contributed by atoms with van der Waals surface area (Å²) >= 11 is 0. The molecule has 1 heterocycles. The van der Waals surface area contributed by atoms with Gasteiger partial charge < -0.3 is 19.6 Å². The van der Waals surface area contributed by atoms with Gasteiger partial charge in [-0.05, 0) is 49.1 Å². The minimum absolute atomic E-state index is 0.343. The molecular formula is C28H28N2O4. The van der Waals surface area contributed by atoms with Gasteiger partial charge in [-0.3, -0.25) is 4.79 Å². The van der Waals surface area contributed by atoms with Crippen LogP contribution in [0.1, 0.15) is 49.5 Å². The number of benzene rings is 3. The molecule has 1 amide bonds. The Balaban J connectivity index is 1.71. The summed E-state index contributed by atoms with van der Waals surface area (Å²) in [7, 11) is 0. The lowest BCUT2D eigenvalue weighted by atomic mass is 9.96. The van der Waals surface area contributed by atoms with Crippen molar-refractivity contribution < 1.29 is 19.4 Å².